The molecule has 0 saturated carbocycles. The Hall–Kier alpha value is -3.07. The number of benzene rings is 2. The fourth-order valence-corrected chi connectivity index (χ4v) is 3.78. The molecule has 174 valence electrons. The summed E-state index contributed by atoms with van der Waals surface area (Å²) < 4.78 is 13.4. The summed E-state index contributed by atoms with van der Waals surface area (Å²) in [5.74, 6) is 1.35. The standard InChI is InChI=1S/C25H31N5O3/c1-29(2)16-18-7-9-20(10-8-18)25(31)26-21-13-11-19(12-14-21)24-28-27-22(30(24)3)17-33-23-6-4-5-15-32-23/h7-14,23H,4-6,15-17H2,1-3H3,(H,26,31). The van der Waals surface area contributed by atoms with Crippen molar-refractivity contribution in [1.29, 1.82) is 0 Å². The van der Waals surface area contributed by atoms with Gasteiger partial charge in [-0.1, -0.05) is 12.1 Å². The van der Waals surface area contributed by atoms with Crippen LogP contribution in [0.1, 0.15) is 41.0 Å². The highest BCUT2D eigenvalue weighted by molar-refractivity contribution is 6.04. The van der Waals surface area contributed by atoms with Gasteiger partial charge in [0.1, 0.15) is 6.61 Å². The van der Waals surface area contributed by atoms with Crippen LogP contribution in [0.5, 0.6) is 0 Å². The number of hydrogen-bond acceptors (Lipinski definition) is 6. The molecule has 1 fully saturated rings. The van der Waals surface area contributed by atoms with E-state index in [-0.39, 0.29) is 12.2 Å². The lowest BCUT2D eigenvalue weighted by Crippen LogP contribution is -2.22. The third-order valence-corrected chi connectivity index (χ3v) is 5.62. The zero-order chi connectivity index (χ0) is 23.2. The molecule has 1 aliphatic rings. The summed E-state index contributed by atoms with van der Waals surface area (Å²) in [7, 11) is 5.96. The van der Waals surface area contributed by atoms with E-state index in [1.165, 1.54) is 5.56 Å². The molecule has 1 unspecified atom stereocenters. The van der Waals surface area contributed by atoms with Gasteiger partial charge >= 0.3 is 0 Å². The Bertz CT molecular complexity index is 1050. The molecule has 3 aromatic rings. The molecule has 0 aliphatic carbocycles. The average Bonchev–Trinajstić information content (AvgIpc) is 3.19. The third kappa shape index (κ3) is 6.04. The van der Waals surface area contributed by atoms with Crippen LogP contribution >= 0.6 is 0 Å². The third-order valence-electron chi connectivity index (χ3n) is 5.62. The largest absolute Gasteiger partial charge is 0.353 e. The normalized spacial score (nSPS) is 16.2. The first kappa shape index (κ1) is 23.1. The van der Waals surface area contributed by atoms with E-state index in [1.807, 2.05) is 74.2 Å². The lowest BCUT2D eigenvalue weighted by atomic mass is 10.1. The monoisotopic (exact) mass is 449 g/mol. The van der Waals surface area contributed by atoms with E-state index >= 15 is 0 Å². The molecule has 1 aliphatic heterocycles. The second-order valence-electron chi connectivity index (χ2n) is 8.57. The number of ether oxygens (including phenoxy) is 2. The van der Waals surface area contributed by atoms with Gasteiger partial charge in [-0.05, 0) is 75.3 Å². The molecular weight excluding hydrogens is 418 g/mol. The van der Waals surface area contributed by atoms with Gasteiger partial charge in [-0.25, -0.2) is 0 Å². The van der Waals surface area contributed by atoms with Crippen molar-refractivity contribution in [3.8, 4) is 11.4 Å². The van der Waals surface area contributed by atoms with Gasteiger partial charge < -0.3 is 24.3 Å². The van der Waals surface area contributed by atoms with E-state index in [1.54, 1.807) is 0 Å². The molecule has 1 N–H and O–H groups in total. The SMILES string of the molecule is CN(C)Cc1ccc(C(=O)Nc2ccc(-c3nnc(COC4CCCCO4)n3C)cc2)cc1. The fraction of sp³-hybridized carbons (Fsp3) is 0.400. The molecule has 1 saturated heterocycles. The van der Waals surface area contributed by atoms with E-state index in [0.717, 1.165) is 55.3 Å². The van der Waals surface area contributed by atoms with E-state index in [2.05, 4.69) is 20.4 Å². The van der Waals surface area contributed by atoms with Crippen molar-refractivity contribution >= 4 is 11.6 Å². The van der Waals surface area contributed by atoms with E-state index < -0.39 is 0 Å². The van der Waals surface area contributed by atoms with Crippen molar-refractivity contribution in [3.63, 3.8) is 0 Å². The maximum atomic E-state index is 12.6. The summed E-state index contributed by atoms with van der Waals surface area (Å²) in [5.41, 5.74) is 3.43. The maximum Gasteiger partial charge on any atom is 0.255 e. The Morgan fingerprint density at radius 1 is 1.12 bits per heavy atom. The molecule has 2 aromatic carbocycles. The van der Waals surface area contributed by atoms with Crippen LogP contribution in [-0.4, -0.2) is 52.6 Å². The molecule has 1 aromatic heterocycles. The lowest BCUT2D eigenvalue weighted by molar-refractivity contribution is -0.170. The molecule has 0 radical (unpaired) electrons. The summed E-state index contributed by atoms with van der Waals surface area (Å²) in [6.07, 6.45) is 2.97. The molecule has 8 heteroatoms. The van der Waals surface area contributed by atoms with Gasteiger partial charge in [-0.2, -0.15) is 0 Å². The first-order valence-electron chi connectivity index (χ1n) is 11.3. The lowest BCUT2D eigenvalue weighted by Gasteiger charge is -2.22. The Morgan fingerprint density at radius 3 is 2.55 bits per heavy atom. The highest BCUT2D eigenvalue weighted by atomic mass is 16.7. The number of carbonyl (C=O) groups excluding carboxylic acids is 1. The quantitative estimate of drug-likeness (QED) is 0.563. The van der Waals surface area contributed by atoms with Crippen LogP contribution < -0.4 is 5.32 Å². The Morgan fingerprint density at radius 2 is 1.88 bits per heavy atom. The highest BCUT2D eigenvalue weighted by Crippen LogP contribution is 2.22. The minimum absolute atomic E-state index is 0.137. The van der Waals surface area contributed by atoms with Gasteiger partial charge in [0.2, 0.25) is 0 Å². The van der Waals surface area contributed by atoms with Crippen molar-refractivity contribution in [2.24, 2.45) is 7.05 Å². The predicted octanol–water partition coefficient (Wildman–Crippen LogP) is 3.84. The van der Waals surface area contributed by atoms with Gasteiger partial charge in [-0.3, -0.25) is 4.79 Å². The smallest absolute Gasteiger partial charge is 0.255 e. The van der Waals surface area contributed by atoms with Crippen molar-refractivity contribution in [1.82, 2.24) is 19.7 Å². The van der Waals surface area contributed by atoms with Crippen molar-refractivity contribution in [3.05, 3.63) is 65.5 Å². The molecule has 1 amide bonds. The van der Waals surface area contributed by atoms with Crippen LogP contribution in [0, 0.1) is 0 Å². The van der Waals surface area contributed by atoms with Crippen molar-refractivity contribution in [2.45, 2.75) is 38.7 Å². The molecule has 1 atom stereocenters. The van der Waals surface area contributed by atoms with Crippen LogP contribution in [0.15, 0.2) is 48.5 Å². The first-order valence-corrected chi connectivity index (χ1v) is 11.3. The van der Waals surface area contributed by atoms with Gasteiger partial charge in [-0.15, -0.1) is 10.2 Å². The van der Waals surface area contributed by atoms with Crippen molar-refractivity contribution in [2.75, 3.05) is 26.0 Å². The zero-order valence-corrected chi connectivity index (χ0v) is 19.5. The first-order chi connectivity index (χ1) is 16.0. The number of nitrogens with one attached hydrogen (secondary N) is 1. The molecule has 33 heavy (non-hydrogen) atoms. The summed E-state index contributed by atoms with van der Waals surface area (Å²) in [6, 6.07) is 15.3. The highest BCUT2D eigenvalue weighted by Gasteiger charge is 2.17. The minimum Gasteiger partial charge on any atom is -0.353 e. The summed E-state index contributed by atoms with van der Waals surface area (Å²) in [4.78, 5) is 14.7. The zero-order valence-electron chi connectivity index (χ0n) is 19.5. The maximum absolute atomic E-state index is 12.6. The Labute approximate surface area is 194 Å². The van der Waals surface area contributed by atoms with Crippen LogP contribution in [0.25, 0.3) is 11.4 Å². The number of anilines is 1. The van der Waals surface area contributed by atoms with Gasteiger partial charge in [0.25, 0.3) is 5.91 Å². The topological polar surface area (TPSA) is 81.5 Å². The summed E-state index contributed by atoms with van der Waals surface area (Å²) in [6.45, 7) is 1.95. The number of nitrogens with zero attached hydrogens (tertiary/aromatic N) is 4. The second-order valence-corrected chi connectivity index (χ2v) is 8.57. The van der Waals surface area contributed by atoms with Gasteiger partial charge in [0, 0.05) is 37.0 Å². The van der Waals surface area contributed by atoms with E-state index in [4.69, 9.17) is 9.47 Å². The molecule has 0 bridgehead atoms. The fourth-order valence-electron chi connectivity index (χ4n) is 3.78. The van der Waals surface area contributed by atoms with Crippen LogP contribution in [0.4, 0.5) is 5.69 Å². The number of rotatable bonds is 8. The molecule has 0 spiro atoms. The summed E-state index contributed by atoms with van der Waals surface area (Å²) in [5, 5.41) is 11.5. The Balaban J connectivity index is 1.36. The van der Waals surface area contributed by atoms with Gasteiger partial charge in [0.15, 0.2) is 17.9 Å². The molecule has 4 rings (SSSR count). The molecular formula is C25H31N5O3. The molecule has 8 nitrogen and oxygen atoms in total. The number of carbonyl (C=O) groups is 1. The van der Waals surface area contributed by atoms with Crippen molar-refractivity contribution < 1.29 is 14.3 Å². The van der Waals surface area contributed by atoms with Crippen LogP contribution in [0.3, 0.4) is 0 Å². The van der Waals surface area contributed by atoms with E-state index in [9.17, 15) is 4.79 Å². The number of hydrogen-bond donors (Lipinski definition) is 1. The van der Waals surface area contributed by atoms with Crippen LogP contribution in [-0.2, 0) is 29.7 Å². The second kappa shape index (κ2) is 10.7. The average molecular weight is 450 g/mol. The van der Waals surface area contributed by atoms with Gasteiger partial charge in [0.05, 0.1) is 0 Å². The van der Waals surface area contributed by atoms with E-state index in [0.29, 0.717) is 12.2 Å². The minimum atomic E-state index is -0.161. The Kier molecular flexibility index (Phi) is 7.49. The van der Waals surface area contributed by atoms with Crippen LogP contribution in [0.2, 0.25) is 0 Å². The number of amides is 1. The summed E-state index contributed by atoms with van der Waals surface area (Å²) >= 11 is 0. The predicted molar refractivity (Wildman–Crippen MR) is 127 cm³/mol. The number of aromatic nitrogens is 3. The molecule has 2 heterocycles.